The Bertz CT molecular complexity index is 560. The van der Waals surface area contributed by atoms with Gasteiger partial charge in [-0.15, -0.1) is 0 Å². The van der Waals surface area contributed by atoms with Crippen molar-refractivity contribution in [2.24, 2.45) is 0 Å². The topological polar surface area (TPSA) is 58.6 Å². The molecule has 0 saturated heterocycles. The molecule has 0 unspecified atom stereocenters. The van der Waals surface area contributed by atoms with Gasteiger partial charge in [-0.05, 0) is 56.1 Å². The lowest BCUT2D eigenvalue weighted by molar-refractivity contribution is 0.0443. The van der Waals surface area contributed by atoms with E-state index >= 15 is 0 Å². The van der Waals surface area contributed by atoms with Crippen molar-refractivity contribution < 1.29 is 23.4 Å². The van der Waals surface area contributed by atoms with Gasteiger partial charge in [-0.1, -0.05) is 0 Å². The molecular weight excluding hydrogens is 360 g/mol. The second kappa shape index (κ2) is 6.91. The van der Waals surface area contributed by atoms with Gasteiger partial charge in [-0.2, -0.15) is 0 Å². The smallest absolute Gasteiger partial charge is 0.408 e. The lowest BCUT2D eigenvalue weighted by Crippen LogP contribution is -2.47. The number of alkyl carbamates (subject to hydrolysis) is 1. The van der Waals surface area contributed by atoms with Crippen LogP contribution in [0.5, 0.6) is 0 Å². The Kier molecular flexibility index (Phi) is 5.92. The minimum atomic E-state index is -1.24. The first kappa shape index (κ1) is 18.8. The molecule has 1 atom stereocenters. The van der Waals surface area contributed by atoms with Crippen molar-refractivity contribution >= 4 is 22.0 Å². The van der Waals surface area contributed by atoms with Gasteiger partial charge in [-0.3, -0.25) is 0 Å². The van der Waals surface area contributed by atoms with Gasteiger partial charge in [0.05, 0.1) is 10.0 Å². The van der Waals surface area contributed by atoms with Crippen LogP contribution >= 0.6 is 15.9 Å². The van der Waals surface area contributed by atoms with E-state index in [0.717, 1.165) is 6.07 Å². The summed E-state index contributed by atoms with van der Waals surface area (Å²) in [5.41, 5.74) is -1.90. The molecule has 0 aromatic heterocycles. The zero-order chi connectivity index (χ0) is 17.1. The van der Waals surface area contributed by atoms with Gasteiger partial charge in [0.2, 0.25) is 0 Å². The number of amides is 1. The summed E-state index contributed by atoms with van der Waals surface area (Å²) in [7, 11) is 0. The number of halogens is 3. The van der Waals surface area contributed by atoms with E-state index < -0.39 is 28.9 Å². The monoisotopic (exact) mass is 379 g/mol. The van der Waals surface area contributed by atoms with Gasteiger partial charge in [0.1, 0.15) is 17.2 Å². The number of aliphatic hydroxyl groups is 1. The maximum absolute atomic E-state index is 14.1. The summed E-state index contributed by atoms with van der Waals surface area (Å²) in [5, 5.41) is 11.8. The van der Waals surface area contributed by atoms with E-state index in [9.17, 15) is 18.7 Å². The van der Waals surface area contributed by atoms with Crippen LogP contribution in [0, 0.1) is 11.6 Å². The van der Waals surface area contributed by atoms with Gasteiger partial charge in [0, 0.05) is 18.2 Å². The van der Waals surface area contributed by atoms with E-state index in [4.69, 9.17) is 4.74 Å². The van der Waals surface area contributed by atoms with Crippen molar-refractivity contribution in [2.45, 2.75) is 45.3 Å². The number of carbonyl (C=O) groups excluding carboxylic acids is 1. The third-order valence-corrected chi connectivity index (χ3v) is 3.60. The minimum Gasteiger partial charge on any atom is -0.444 e. The predicted molar refractivity (Wildman–Crippen MR) is 82.5 cm³/mol. The fraction of sp³-hybridized carbons (Fsp3) is 0.533. The van der Waals surface area contributed by atoms with Crippen LogP contribution in [-0.2, 0) is 10.3 Å². The lowest BCUT2D eigenvalue weighted by Gasteiger charge is -2.32. The van der Waals surface area contributed by atoms with Crippen LogP contribution in [0.4, 0.5) is 13.6 Å². The fourth-order valence-corrected chi connectivity index (χ4v) is 2.31. The van der Waals surface area contributed by atoms with E-state index in [1.807, 2.05) is 0 Å². The van der Waals surface area contributed by atoms with Gasteiger partial charge in [-0.25, -0.2) is 13.6 Å². The molecule has 22 heavy (non-hydrogen) atoms. The fourth-order valence-electron chi connectivity index (χ4n) is 1.96. The molecule has 0 bridgehead atoms. The molecule has 0 heterocycles. The van der Waals surface area contributed by atoms with E-state index in [1.165, 1.54) is 13.0 Å². The summed E-state index contributed by atoms with van der Waals surface area (Å²) in [6.45, 7) is 6.34. The maximum atomic E-state index is 14.1. The Morgan fingerprint density at radius 3 is 2.36 bits per heavy atom. The van der Waals surface area contributed by atoms with Crippen LogP contribution in [0.15, 0.2) is 16.6 Å². The molecule has 4 nitrogen and oxygen atoms in total. The molecule has 7 heteroatoms. The van der Waals surface area contributed by atoms with Gasteiger partial charge < -0.3 is 15.2 Å². The van der Waals surface area contributed by atoms with E-state index in [-0.39, 0.29) is 23.1 Å². The SMILES string of the molecule is CC(C)(C)OC(=O)N[C@@](C)(CCO)c1cc(Br)c(F)cc1F. The number of aliphatic hydroxyl groups excluding tert-OH is 1. The normalized spacial score (nSPS) is 14.4. The average molecular weight is 380 g/mol. The van der Waals surface area contributed by atoms with Crippen LogP contribution in [-0.4, -0.2) is 23.4 Å². The Labute approximate surface area is 137 Å². The highest BCUT2D eigenvalue weighted by Crippen LogP contribution is 2.31. The average Bonchev–Trinajstić information content (AvgIpc) is 2.31. The van der Waals surface area contributed by atoms with Crippen molar-refractivity contribution in [3.63, 3.8) is 0 Å². The second-order valence-corrected chi connectivity index (χ2v) is 7.03. The summed E-state index contributed by atoms with van der Waals surface area (Å²) in [6, 6.07) is 1.98. The molecule has 0 aliphatic carbocycles. The number of hydrogen-bond donors (Lipinski definition) is 2. The number of rotatable bonds is 4. The summed E-state index contributed by atoms with van der Waals surface area (Å²) in [6.07, 6.45) is -0.704. The molecule has 1 aromatic rings. The summed E-state index contributed by atoms with van der Waals surface area (Å²) in [4.78, 5) is 12.0. The number of benzene rings is 1. The summed E-state index contributed by atoms with van der Waals surface area (Å²) < 4.78 is 32.7. The maximum Gasteiger partial charge on any atom is 0.408 e. The molecule has 0 aliphatic heterocycles. The molecular formula is C15H20BrF2NO3. The van der Waals surface area contributed by atoms with Gasteiger partial charge >= 0.3 is 6.09 Å². The van der Waals surface area contributed by atoms with Crippen molar-refractivity contribution in [1.29, 1.82) is 0 Å². The van der Waals surface area contributed by atoms with Crippen molar-refractivity contribution in [1.82, 2.24) is 5.32 Å². The third kappa shape index (κ3) is 4.91. The molecule has 1 rings (SSSR count). The highest BCUT2D eigenvalue weighted by atomic mass is 79.9. The van der Waals surface area contributed by atoms with E-state index in [0.29, 0.717) is 0 Å². The standard InChI is InChI=1S/C15H20BrF2NO3/c1-14(2,3)22-13(21)19-15(4,5-6-20)9-7-10(16)12(18)8-11(9)17/h7-8,20H,5-6H2,1-4H3,(H,19,21)/t15-/m0/s1. The molecule has 0 aliphatic rings. The molecule has 0 fully saturated rings. The van der Waals surface area contributed by atoms with Crippen LogP contribution < -0.4 is 5.32 Å². The Hall–Kier alpha value is -1.21. The van der Waals surface area contributed by atoms with Crippen molar-refractivity contribution in [3.05, 3.63) is 33.8 Å². The van der Waals surface area contributed by atoms with Crippen molar-refractivity contribution in [2.75, 3.05) is 6.61 Å². The minimum absolute atomic E-state index is 0.0429. The van der Waals surface area contributed by atoms with E-state index in [1.54, 1.807) is 20.8 Å². The van der Waals surface area contributed by atoms with Crippen LogP contribution in [0.25, 0.3) is 0 Å². The Morgan fingerprint density at radius 2 is 1.86 bits per heavy atom. The molecule has 2 N–H and O–H groups in total. The zero-order valence-electron chi connectivity index (χ0n) is 13.0. The molecule has 0 radical (unpaired) electrons. The Balaban J connectivity index is 3.15. The first-order valence-electron chi connectivity index (χ1n) is 6.75. The highest BCUT2D eigenvalue weighted by molar-refractivity contribution is 9.10. The molecule has 0 saturated carbocycles. The summed E-state index contributed by atoms with van der Waals surface area (Å²) in [5.74, 6) is -1.56. The lowest BCUT2D eigenvalue weighted by atomic mass is 9.88. The number of nitrogens with one attached hydrogen (secondary N) is 1. The molecule has 1 amide bonds. The van der Waals surface area contributed by atoms with Gasteiger partial charge in [0.15, 0.2) is 0 Å². The number of ether oxygens (including phenoxy) is 1. The molecule has 1 aromatic carbocycles. The Morgan fingerprint density at radius 1 is 1.27 bits per heavy atom. The number of hydrogen-bond acceptors (Lipinski definition) is 3. The van der Waals surface area contributed by atoms with Crippen LogP contribution in [0.1, 0.15) is 39.7 Å². The third-order valence-electron chi connectivity index (χ3n) is 2.99. The van der Waals surface area contributed by atoms with Crippen LogP contribution in [0.3, 0.4) is 0 Å². The molecule has 124 valence electrons. The predicted octanol–water partition coefficient (Wildman–Crippen LogP) is 3.85. The highest BCUT2D eigenvalue weighted by Gasteiger charge is 2.33. The van der Waals surface area contributed by atoms with Crippen molar-refractivity contribution in [3.8, 4) is 0 Å². The quantitative estimate of drug-likeness (QED) is 0.781. The summed E-state index contributed by atoms with van der Waals surface area (Å²) >= 11 is 2.99. The largest absolute Gasteiger partial charge is 0.444 e. The first-order valence-corrected chi connectivity index (χ1v) is 7.55. The first-order chi connectivity index (χ1) is 9.98. The second-order valence-electron chi connectivity index (χ2n) is 6.18. The zero-order valence-corrected chi connectivity index (χ0v) is 14.6. The molecule has 0 spiro atoms. The number of carbonyl (C=O) groups is 1. The van der Waals surface area contributed by atoms with Crippen LogP contribution in [0.2, 0.25) is 0 Å². The van der Waals surface area contributed by atoms with E-state index in [2.05, 4.69) is 21.2 Å². The van der Waals surface area contributed by atoms with Gasteiger partial charge in [0.25, 0.3) is 0 Å².